The zero-order valence-corrected chi connectivity index (χ0v) is 20.0. The third-order valence-corrected chi connectivity index (χ3v) is 6.52. The van der Waals surface area contributed by atoms with Gasteiger partial charge in [0, 0.05) is 18.9 Å². The van der Waals surface area contributed by atoms with Crippen LogP contribution < -0.4 is 10.6 Å². The van der Waals surface area contributed by atoms with Gasteiger partial charge in [0.25, 0.3) is 5.91 Å². The van der Waals surface area contributed by atoms with E-state index in [2.05, 4.69) is 20.7 Å². The van der Waals surface area contributed by atoms with Crippen molar-refractivity contribution in [2.45, 2.75) is 50.7 Å². The minimum atomic E-state index is -4.46. The predicted octanol–water partition coefficient (Wildman–Crippen LogP) is 5.22. The van der Waals surface area contributed by atoms with Crippen molar-refractivity contribution in [1.29, 1.82) is 0 Å². The van der Waals surface area contributed by atoms with Crippen LogP contribution in [0, 0.1) is 5.92 Å². The van der Waals surface area contributed by atoms with Gasteiger partial charge >= 0.3 is 12.1 Å². The van der Waals surface area contributed by atoms with Crippen LogP contribution in [0.5, 0.6) is 0 Å². The molecule has 0 radical (unpaired) electrons. The highest BCUT2D eigenvalue weighted by atomic mass is 19.4. The average molecular weight is 516 g/mol. The van der Waals surface area contributed by atoms with Crippen LogP contribution in [0.25, 0.3) is 5.69 Å². The fourth-order valence-corrected chi connectivity index (χ4v) is 4.61. The fraction of sp³-hybridized carbons (Fsp3) is 0.385. The van der Waals surface area contributed by atoms with E-state index < -0.39 is 23.6 Å². The second kappa shape index (κ2) is 11.4. The first kappa shape index (κ1) is 26.2. The number of alkyl halides is 3. The molecule has 11 heteroatoms. The van der Waals surface area contributed by atoms with Gasteiger partial charge in [0.05, 0.1) is 35.5 Å². The van der Waals surface area contributed by atoms with Crippen molar-refractivity contribution >= 4 is 17.7 Å². The van der Waals surface area contributed by atoms with Crippen molar-refractivity contribution in [2.75, 3.05) is 11.9 Å². The number of carboxylic acids is 1. The van der Waals surface area contributed by atoms with E-state index in [1.807, 2.05) is 12.1 Å². The van der Waals surface area contributed by atoms with E-state index in [1.54, 1.807) is 30.5 Å². The Labute approximate surface area is 211 Å². The summed E-state index contributed by atoms with van der Waals surface area (Å²) >= 11 is 0. The van der Waals surface area contributed by atoms with Crippen molar-refractivity contribution in [2.24, 2.45) is 5.92 Å². The van der Waals surface area contributed by atoms with E-state index in [-0.39, 0.29) is 24.9 Å². The average Bonchev–Trinajstić information content (AvgIpc) is 3.39. The molecule has 0 saturated heterocycles. The van der Waals surface area contributed by atoms with Gasteiger partial charge < -0.3 is 15.7 Å². The summed E-state index contributed by atoms with van der Waals surface area (Å²) in [4.78, 5) is 27.9. The maximum absolute atomic E-state index is 13.0. The number of carbonyl (C=O) groups is 2. The summed E-state index contributed by atoms with van der Waals surface area (Å²) in [5.74, 6) is -0.771. The van der Waals surface area contributed by atoms with E-state index in [0.29, 0.717) is 17.1 Å². The molecular weight excluding hydrogens is 487 g/mol. The molecule has 3 N–H and O–H groups in total. The van der Waals surface area contributed by atoms with Gasteiger partial charge in [-0.25, -0.2) is 9.67 Å². The molecule has 4 rings (SSSR count). The van der Waals surface area contributed by atoms with E-state index in [4.69, 9.17) is 5.11 Å². The number of benzene rings is 1. The highest BCUT2D eigenvalue weighted by molar-refractivity contribution is 5.98. The molecule has 1 aromatic carbocycles. The van der Waals surface area contributed by atoms with Gasteiger partial charge in [-0.1, -0.05) is 31.4 Å². The number of nitrogens with one attached hydrogen (secondary N) is 2. The molecule has 2 heterocycles. The predicted molar refractivity (Wildman–Crippen MR) is 130 cm³/mol. The number of carbonyl (C=O) groups excluding carboxylic acids is 1. The molecule has 0 spiro atoms. The number of halogens is 3. The smallest absolute Gasteiger partial charge is 0.419 e. The number of carboxylic acid groups (broad SMARTS) is 1. The second-order valence-electron chi connectivity index (χ2n) is 9.08. The first-order valence-electron chi connectivity index (χ1n) is 12.2. The highest BCUT2D eigenvalue weighted by Gasteiger charge is 2.32. The molecule has 1 aliphatic rings. The Balaban J connectivity index is 1.58. The number of amides is 1. The maximum Gasteiger partial charge on any atom is 0.419 e. The lowest BCUT2D eigenvalue weighted by Crippen LogP contribution is -2.29. The largest absolute Gasteiger partial charge is 0.481 e. The van der Waals surface area contributed by atoms with Crippen LogP contribution in [0.2, 0.25) is 0 Å². The normalized spacial score (nSPS) is 15.2. The van der Waals surface area contributed by atoms with E-state index >= 15 is 0 Å². The SMILES string of the molecule is O=C(O)CCNC(=O)c1cccnc1NC(c1ccc(-n2cc(C(F)(F)F)cn2)cc1)C1CCCCC1. The molecular formula is C26H28F3N5O3. The molecule has 1 saturated carbocycles. The zero-order chi connectivity index (χ0) is 26.4. The summed E-state index contributed by atoms with van der Waals surface area (Å²) in [5, 5.41) is 18.7. The monoisotopic (exact) mass is 515 g/mol. The number of nitrogens with zero attached hydrogens (tertiary/aromatic N) is 3. The van der Waals surface area contributed by atoms with E-state index in [9.17, 15) is 22.8 Å². The van der Waals surface area contributed by atoms with Gasteiger partial charge in [0.2, 0.25) is 0 Å². The molecule has 1 fully saturated rings. The molecule has 3 aromatic rings. The zero-order valence-electron chi connectivity index (χ0n) is 20.0. The van der Waals surface area contributed by atoms with Crippen molar-refractivity contribution in [3.8, 4) is 5.69 Å². The summed E-state index contributed by atoms with van der Waals surface area (Å²) in [6.07, 6.45) is 3.97. The number of pyridine rings is 1. The minimum Gasteiger partial charge on any atom is -0.481 e. The van der Waals surface area contributed by atoms with Gasteiger partial charge in [-0.05, 0) is 48.6 Å². The van der Waals surface area contributed by atoms with Crippen LogP contribution in [-0.4, -0.2) is 38.3 Å². The molecule has 1 amide bonds. The molecule has 1 aliphatic carbocycles. The number of aliphatic carboxylic acids is 1. The highest BCUT2D eigenvalue weighted by Crippen LogP contribution is 2.37. The lowest BCUT2D eigenvalue weighted by Gasteiger charge is -2.32. The third kappa shape index (κ3) is 6.66. The third-order valence-electron chi connectivity index (χ3n) is 6.52. The second-order valence-corrected chi connectivity index (χ2v) is 9.08. The van der Waals surface area contributed by atoms with Gasteiger partial charge in [0.1, 0.15) is 5.82 Å². The molecule has 0 bridgehead atoms. The first-order chi connectivity index (χ1) is 17.7. The van der Waals surface area contributed by atoms with Crippen molar-refractivity contribution in [3.05, 3.63) is 71.7 Å². The van der Waals surface area contributed by atoms with Crippen LogP contribution in [-0.2, 0) is 11.0 Å². The molecule has 2 aromatic heterocycles. The van der Waals surface area contributed by atoms with Crippen LogP contribution in [0.4, 0.5) is 19.0 Å². The number of hydrogen-bond donors (Lipinski definition) is 3. The number of anilines is 1. The Kier molecular flexibility index (Phi) is 8.10. The van der Waals surface area contributed by atoms with E-state index in [1.165, 1.54) is 4.68 Å². The molecule has 196 valence electrons. The Morgan fingerprint density at radius 1 is 1.11 bits per heavy atom. The van der Waals surface area contributed by atoms with Crippen molar-refractivity contribution in [1.82, 2.24) is 20.1 Å². The molecule has 8 nitrogen and oxygen atoms in total. The molecule has 1 atom stereocenters. The van der Waals surface area contributed by atoms with Gasteiger partial charge in [0.15, 0.2) is 0 Å². The fourth-order valence-electron chi connectivity index (χ4n) is 4.61. The quantitative estimate of drug-likeness (QED) is 0.360. The number of hydrogen-bond acceptors (Lipinski definition) is 5. The summed E-state index contributed by atoms with van der Waals surface area (Å²) in [6, 6.07) is 10.2. The summed E-state index contributed by atoms with van der Waals surface area (Å²) in [7, 11) is 0. The molecule has 0 aliphatic heterocycles. The number of rotatable bonds is 9. The Bertz CT molecular complexity index is 1220. The van der Waals surface area contributed by atoms with Gasteiger partial charge in [-0.15, -0.1) is 0 Å². The number of aromatic nitrogens is 3. The van der Waals surface area contributed by atoms with Gasteiger partial charge in [-0.2, -0.15) is 18.3 Å². The van der Waals surface area contributed by atoms with Crippen LogP contribution in [0.1, 0.15) is 66.1 Å². The Morgan fingerprint density at radius 2 is 1.84 bits per heavy atom. The first-order valence-corrected chi connectivity index (χ1v) is 12.2. The summed E-state index contributed by atoms with van der Waals surface area (Å²) in [6.45, 7) is -0.000498. The maximum atomic E-state index is 13.0. The van der Waals surface area contributed by atoms with Crippen LogP contribution >= 0.6 is 0 Å². The summed E-state index contributed by atoms with van der Waals surface area (Å²) < 4.78 is 40.1. The van der Waals surface area contributed by atoms with E-state index in [0.717, 1.165) is 50.1 Å². The molecule has 37 heavy (non-hydrogen) atoms. The Morgan fingerprint density at radius 3 is 2.49 bits per heavy atom. The van der Waals surface area contributed by atoms with Crippen LogP contribution in [0.15, 0.2) is 55.0 Å². The van der Waals surface area contributed by atoms with Crippen LogP contribution in [0.3, 0.4) is 0 Å². The topological polar surface area (TPSA) is 109 Å². The lowest BCUT2D eigenvalue weighted by atomic mass is 9.81. The van der Waals surface area contributed by atoms with Crippen molar-refractivity contribution < 1.29 is 27.9 Å². The molecule has 1 unspecified atom stereocenters. The van der Waals surface area contributed by atoms with Gasteiger partial charge in [-0.3, -0.25) is 9.59 Å². The Hall–Kier alpha value is -3.89. The summed E-state index contributed by atoms with van der Waals surface area (Å²) in [5.41, 5.74) is 0.906. The minimum absolute atomic E-state index is 0.000498. The van der Waals surface area contributed by atoms with Crippen molar-refractivity contribution in [3.63, 3.8) is 0 Å². The lowest BCUT2D eigenvalue weighted by molar-refractivity contribution is -0.138. The standard InChI is InChI=1S/C26H28F3N5O3/c27-26(28,29)19-15-32-34(16-19)20-10-8-18(9-11-20)23(17-5-2-1-3-6-17)33-24-21(7-4-13-30-24)25(37)31-14-12-22(35)36/h4,7-11,13,15-17,23H,1-3,5-6,12,14H2,(H,30,33)(H,31,37)(H,35,36).